The largest absolute Gasteiger partial charge is 0.341 e. The van der Waals surface area contributed by atoms with Crippen molar-refractivity contribution in [1.29, 1.82) is 0 Å². The van der Waals surface area contributed by atoms with Gasteiger partial charge in [0.2, 0.25) is 5.95 Å². The minimum Gasteiger partial charge on any atom is -0.341 e. The Balaban J connectivity index is 2.50. The molecule has 0 aliphatic rings. The topological polar surface area (TPSA) is 41.1 Å². The number of aromatic nitrogens is 2. The molecule has 4 nitrogen and oxygen atoms in total. The van der Waals surface area contributed by atoms with Crippen LogP contribution in [0.15, 0.2) is 12.4 Å². The molecule has 0 aromatic carbocycles. The zero-order chi connectivity index (χ0) is 12.8. The summed E-state index contributed by atoms with van der Waals surface area (Å²) in [6, 6.07) is 0.417. The first kappa shape index (κ1) is 13.9. The van der Waals surface area contributed by atoms with Crippen molar-refractivity contribution in [3.63, 3.8) is 0 Å². The van der Waals surface area contributed by atoms with E-state index in [0.29, 0.717) is 12.0 Å². The Morgan fingerprint density at radius 3 is 2.24 bits per heavy atom. The molecule has 0 aliphatic carbocycles. The maximum atomic E-state index is 4.37. The zero-order valence-corrected chi connectivity index (χ0v) is 11.6. The van der Waals surface area contributed by atoms with Gasteiger partial charge in [0.1, 0.15) is 0 Å². The third kappa shape index (κ3) is 4.69. The fourth-order valence-electron chi connectivity index (χ4n) is 1.36. The maximum Gasteiger partial charge on any atom is 0.225 e. The zero-order valence-electron chi connectivity index (χ0n) is 11.6. The van der Waals surface area contributed by atoms with Crippen LogP contribution in [0.3, 0.4) is 0 Å². The summed E-state index contributed by atoms with van der Waals surface area (Å²) < 4.78 is 0. The fraction of sp³-hybridized carbons (Fsp3) is 0.692. The molecule has 1 N–H and O–H groups in total. The van der Waals surface area contributed by atoms with Crippen LogP contribution in [0, 0.1) is 5.92 Å². The Labute approximate surface area is 104 Å². The highest BCUT2D eigenvalue weighted by Crippen LogP contribution is 2.08. The number of nitrogens with zero attached hydrogens (tertiary/aromatic N) is 3. The van der Waals surface area contributed by atoms with Gasteiger partial charge in [-0.05, 0) is 26.3 Å². The van der Waals surface area contributed by atoms with Crippen LogP contribution in [0.4, 0.5) is 5.95 Å². The highest BCUT2D eigenvalue weighted by Gasteiger charge is 2.07. The van der Waals surface area contributed by atoms with Crippen molar-refractivity contribution in [1.82, 2.24) is 15.3 Å². The van der Waals surface area contributed by atoms with Gasteiger partial charge in [0.25, 0.3) is 0 Å². The van der Waals surface area contributed by atoms with Crippen molar-refractivity contribution in [2.75, 3.05) is 18.5 Å². The summed E-state index contributed by atoms with van der Waals surface area (Å²) in [4.78, 5) is 10.8. The molecule has 96 valence electrons. The molecule has 1 aromatic rings. The molecule has 0 atom stereocenters. The van der Waals surface area contributed by atoms with Gasteiger partial charge >= 0.3 is 0 Å². The number of hydrogen-bond donors (Lipinski definition) is 1. The summed E-state index contributed by atoms with van der Waals surface area (Å²) in [5, 5.41) is 3.38. The first-order valence-corrected chi connectivity index (χ1v) is 6.25. The van der Waals surface area contributed by atoms with Gasteiger partial charge < -0.3 is 10.2 Å². The van der Waals surface area contributed by atoms with Crippen molar-refractivity contribution >= 4 is 5.95 Å². The highest BCUT2D eigenvalue weighted by atomic mass is 15.2. The first-order chi connectivity index (χ1) is 8.00. The molecule has 0 spiro atoms. The molecular weight excluding hydrogens is 212 g/mol. The fourth-order valence-corrected chi connectivity index (χ4v) is 1.36. The molecule has 0 aliphatic heterocycles. The average Bonchev–Trinajstić information content (AvgIpc) is 2.28. The number of anilines is 1. The van der Waals surface area contributed by atoms with Crippen LogP contribution in [-0.4, -0.2) is 29.6 Å². The van der Waals surface area contributed by atoms with E-state index in [1.165, 1.54) is 0 Å². The van der Waals surface area contributed by atoms with Gasteiger partial charge in [-0.15, -0.1) is 0 Å². The van der Waals surface area contributed by atoms with Crippen LogP contribution >= 0.6 is 0 Å². The molecule has 17 heavy (non-hydrogen) atoms. The molecule has 0 bridgehead atoms. The normalized spacial score (nSPS) is 11.2. The third-order valence-corrected chi connectivity index (χ3v) is 2.66. The Kier molecular flexibility index (Phi) is 5.35. The summed E-state index contributed by atoms with van der Waals surface area (Å²) in [6.45, 7) is 10.5. The van der Waals surface area contributed by atoms with Crippen molar-refractivity contribution in [3.05, 3.63) is 18.0 Å². The quantitative estimate of drug-likeness (QED) is 0.821. The third-order valence-electron chi connectivity index (χ3n) is 2.66. The van der Waals surface area contributed by atoms with E-state index in [-0.39, 0.29) is 0 Å². The molecule has 1 aromatic heterocycles. The summed E-state index contributed by atoms with van der Waals surface area (Å²) in [7, 11) is 2.01. The SMILES string of the molecule is CC(C)CNCc1cnc(N(C)C(C)C)nc1. The minimum absolute atomic E-state index is 0.417. The van der Waals surface area contributed by atoms with Gasteiger partial charge in [-0.3, -0.25) is 0 Å². The van der Waals surface area contributed by atoms with Crippen molar-refractivity contribution < 1.29 is 0 Å². The van der Waals surface area contributed by atoms with E-state index in [1.54, 1.807) is 0 Å². The summed E-state index contributed by atoms with van der Waals surface area (Å²) in [5.74, 6) is 1.45. The second-order valence-corrected chi connectivity index (χ2v) is 5.12. The number of rotatable bonds is 6. The van der Waals surface area contributed by atoms with Crippen LogP contribution < -0.4 is 10.2 Å². The van der Waals surface area contributed by atoms with E-state index in [4.69, 9.17) is 0 Å². The Hall–Kier alpha value is -1.16. The van der Waals surface area contributed by atoms with Gasteiger partial charge in [0, 0.05) is 37.6 Å². The second kappa shape index (κ2) is 6.55. The van der Waals surface area contributed by atoms with Gasteiger partial charge in [0.15, 0.2) is 0 Å². The number of nitrogens with one attached hydrogen (secondary N) is 1. The van der Waals surface area contributed by atoms with Gasteiger partial charge in [0.05, 0.1) is 0 Å². The van der Waals surface area contributed by atoms with Gasteiger partial charge in [-0.25, -0.2) is 9.97 Å². The van der Waals surface area contributed by atoms with Crippen molar-refractivity contribution in [2.24, 2.45) is 5.92 Å². The van der Waals surface area contributed by atoms with Gasteiger partial charge in [-0.1, -0.05) is 13.8 Å². The lowest BCUT2D eigenvalue weighted by molar-refractivity contribution is 0.551. The first-order valence-electron chi connectivity index (χ1n) is 6.25. The molecule has 1 rings (SSSR count). The van der Waals surface area contributed by atoms with Crippen LogP contribution in [-0.2, 0) is 6.54 Å². The minimum atomic E-state index is 0.417. The van der Waals surface area contributed by atoms with E-state index in [9.17, 15) is 0 Å². The molecule has 0 radical (unpaired) electrons. The predicted octanol–water partition coefficient (Wildman–Crippen LogP) is 2.07. The maximum absolute atomic E-state index is 4.37. The molecule has 0 unspecified atom stereocenters. The second-order valence-electron chi connectivity index (χ2n) is 5.12. The van der Waals surface area contributed by atoms with Crippen LogP contribution in [0.25, 0.3) is 0 Å². The van der Waals surface area contributed by atoms with E-state index >= 15 is 0 Å². The van der Waals surface area contributed by atoms with Crippen LogP contribution in [0.1, 0.15) is 33.3 Å². The number of hydrogen-bond acceptors (Lipinski definition) is 4. The molecule has 1 heterocycles. The monoisotopic (exact) mass is 236 g/mol. The summed E-state index contributed by atoms with van der Waals surface area (Å²) in [5.41, 5.74) is 1.13. The van der Waals surface area contributed by atoms with E-state index in [2.05, 4.69) is 47.9 Å². The van der Waals surface area contributed by atoms with Crippen molar-refractivity contribution in [2.45, 2.75) is 40.3 Å². The predicted molar refractivity (Wildman–Crippen MR) is 72.1 cm³/mol. The molecular formula is C13H24N4. The Bertz CT molecular complexity index is 319. The van der Waals surface area contributed by atoms with E-state index < -0.39 is 0 Å². The van der Waals surface area contributed by atoms with E-state index in [0.717, 1.165) is 24.6 Å². The summed E-state index contributed by atoms with van der Waals surface area (Å²) in [6.07, 6.45) is 3.79. The highest BCUT2D eigenvalue weighted by molar-refractivity contribution is 5.29. The lowest BCUT2D eigenvalue weighted by Crippen LogP contribution is -2.27. The molecule has 0 fully saturated rings. The lowest BCUT2D eigenvalue weighted by atomic mass is 10.2. The van der Waals surface area contributed by atoms with Crippen LogP contribution in [0.2, 0.25) is 0 Å². The Morgan fingerprint density at radius 1 is 1.18 bits per heavy atom. The smallest absolute Gasteiger partial charge is 0.225 e. The molecule has 4 heteroatoms. The molecule has 0 amide bonds. The van der Waals surface area contributed by atoms with Crippen molar-refractivity contribution in [3.8, 4) is 0 Å². The molecule has 0 saturated heterocycles. The van der Waals surface area contributed by atoms with Crippen LogP contribution in [0.5, 0.6) is 0 Å². The standard InChI is InChI=1S/C13H24N4/c1-10(2)6-14-7-12-8-15-13(16-9-12)17(5)11(3)4/h8-11,14H,6-7H2,1-5H3. The lowest BCUT2D eigenvalue weighted by Gasteiger charge is -2.21. The Morgan fingerprint density at radius 2 is 1.76 bits per heavy atom. The van der Waals surface area contributed by atoms with E-state index in [1.807, 2.05) is 19.4 Å². The molecule has 0 saturated carbocycles. The average molecular weight is 236 g/mol. The summed E-state index contributed by atoms with van der Waals surface area (Å²) >= 11 is 0. The van der Waals surface area contributed by atoms with Gasteiger partial charge in [-0.2, -0.15) is 0 Å².